The van der Waals surface area contributed by atoms with Gasteiger partial charge in [-0.15, -0.1) is 0 Å². The molecule has 308 valence electrons. The molecular weight excluding hydrogens is 743 g/mol. The van der Waals surface area contributed by atoms with Gasteiger partial charge >= 0.3 is 6.09 Å². The van der Waals surface area contributed by atoms with Gasteiger partial charge in [-0.2, -0.15) is 0 Å². The summed E-state index contributed by atoms with van der Waals surface area (Å²) < 4.78 is 36.0. The molecule has 5 atom stereocenters. The Bertz CT molecular complexity index is 2060. The van der Waals surface area contributed by atoms with E-state index in [4.69, 9.17) is 10.5 Å². The molecule has 0 aliphatic carbocycles. The van der Waals surface area contributed by atoms with Crippen LogP contribution in [0.25, 0.3) is 10.8 Å². The molecule has 0 fully saturated rings. The summed E-state index contributed by atoms with van der Waals surface area (Å²) in [7, 11) is -0.318. The molecule has 4 aromatic rings. The molecule has 0 saturated heterocycles. The summed E-state index contributed by atoms with van der Waals surface area (Å²) in [6.45, 7) is 8.55. The number of fused-ring (bicyclic) bond motifs is 1. The van der Waals surface area contributed by atoms with Crippen molar-refractivity contribution < 1.29 is 32.6 Å². The largest absolute Gasteiger partial charge is 0.444 e. The summed E-state index contributed by atoms with van der Waals surface area (Å²) in [4.78, 5) is 44.5. The molecule has 4 rings (SSSR count). The third kappa shape index (κ3) is 12.5. The summed E-state index contributed by atoms with van der Waals surface area (Å²) >= 11 is 0. The van der Waals surface area contributed by atoms with Crippen molar-refractivity contribution >= 4 is 44.4 Å². The van der Waals surface area contributed by atoms with Crippen LogP contribution in [0.1, 0.15) is 58.6 Å². The van der Waals surface area contributed by atoms with Crippen molar-refractivity contribution in [3.8, 4) is 0 Å². The molecular formula is C44H59N5O7S. The molecule has 0 aliphatic rings. The summed E-state index contributed by atoms with van der Waals surface area (Å²) in [5, 5.41) is 16.1. The average molecular weight is 802 g/mol. The number of amides is 3. The molecule has 12 nitrogen and oxygen atoms in total. The molecule has 5 N–H and O–H groups in total. The lowest BCUT2D eigenvalue weighted by molar-refractivity contribution is -0.145. The fraction of sp³-hybridized carbons (Fsp3) is 0.432. The first-order valence-corrected chi connectivity index (χ1v) is 20.9. The molecule has 0 spiro atoms. The Balaban J connectivity index is 1.69. The van der Waals surface area contributed by atoms with E-state index in [9.17, 15) is 27.9 Å². The van der Waals surface area contributed by atoms with Crippen molar-refractivity contribution in [3.63, 3.8) is 0 Å². The number of hydrogen-bond acceptors (Lipinski definition) is 8. The van der Waals surface area contributed by atoms with Crippen molar-refractivity contribution in [3.05, 3.63) is 108 Å². The normalized spacial score (nSPS) is 14.5. The number of sulfonamides is 1. The smallest absolute Gasteiger partial charge is 0.407 e. The standard InChI is InChI=1S/C44H59N5O7S/c1-8-30(2)40(41(45)51)49(26-25-46-57(54,55)39-24-16-21-34-35(39)22-15-23-37(34)48(6)7)42(52)33(27-31-17-11-9-12-18-31)29-38(50)36(28-32-19-13-10-14-20-32)47-43(53)56-44(3,4)5/h9-24,30,33,36,38,40,46,50H,8,25-29H2,1-7H3,(H2,45,51)(H,47,53). The molecule has 57 heavy (non-hydrogen) atoms. The number of nitrogens with two attached hydrogens (primary N) is 1. The van der Waals surface area contributed by atoms with Gasteiger partial charge in [0.15, 0.2) is 0 Å². The van der Waals surface area contributed by atoms with E-state index in [2.05, 4.69) is 10.0 Å². The number of carbonyl (C=O) groups excluding carboxylic acids is 3. The topological polar surface area (TPSA) is 171 Å². The van der Waals surface area contributed by atoms with Crippen LogP contribution in [-0.4, -0.2) is 87.3 Å². The molecule has 0 aliphatic heterocycles. The van der Waals surface area contributed by atoms with E-state index in [1.165, 1.54) is 11.0 Å². The number of rotatable bonds is 19. The minimum Gasteiger partial charge on any atom is -0.444 e. The number of benzene rings is 4. The highest BCUT2D eigenvalue weighted by molar-refractivity contribution is 7.89. The Kier molecular flexibility index (Phi) is 15.6. The van der Waals surface area contributed by atoms with Crippen LogP contribution in [0, 0.1) is 11.8 Å². The number of nitrogens with one attached hydrogen (secondary N) is 2. The number of ether oxygens (including phenoxy) is 1. The third-order valence-corrected chi connectivity index (χ3v) is 11.6. The van der Waals surface area contributed by atoms with E-state index in [0.717, 1.165) is 22.2 Å². The Morgan fingerprint density at radius 1 is 0.842 bits per heavy atom. The van der Waals surface area contributed by atoms with Crippen molar-refractivity contribution in [2.24, 2.45) is 17.6 Å². The Hall–Kier alpha value is -4.98. The van der Waals surface area contributed by atoms with Gasteiger partial charge in [-0.3, -0.25) is 9.59 Å². The zero-order valence-electron chi connectivity index (χ0n) is 34.1. The van der Waals surface area contributed by atoms with Crippen LogP contribution in [0.5, 0.6) is 0 Å². The number of carbonyl (C=O) groups is 3. The SMILES string of the molecule is CCC(C)C(C(N)=O)N(CCNS(=O)(=O)c1cccc2c(N(C)C)cccc12)C(=O)C(Cc1ccccc1)CC(O)C(Cc1ccccc1)NC(=O)OC(C)(C)C. The maximum atomic E-state index is 15.0. The first kappa shape index (κ1) is 44.7. The van der Waals surface area contributed by atoms with Crippen LogP contribution < -0.4 is 20.7 Å². The number of aliphatic hydroxyl groups excluding tert-OH is 1. The van der Waals surface area contributed by atoms with Gasteiger partial charge in [-0.05, 0) is 69.2 Å². The number of hydrogen-bond donors (Lipinski definition) is 4. The van der Waals surface area contributed by atoms with Crippen LogP contribution in [0.3, 0.4) is 0 Å². The van der Waals surface area contributed by atoms with E-state index < -0.39 is 57.6 Å². The van der Waals surface area contributed by atoms with Gasteiger partial charge in [0.2, 0.25) is 21.8 Å². The first-order valence-electron chi connectivity index (χ1n) is 19.5. The van der Waals surface area contributed by atoms with Gasteiger partial charge in [0, 0.05) is 49.6 Å². The number of alkyl carbamates (subject to hydrolysis) is 1. The van der Waals surface area contributed by atoms with Gasteiger partial charge in [-0.25, -0.2) is 17.9 Å². The van der Waals surface area contributed by atoms with E-state index in [-0.39, 0.29) is 43.2 Å². The summed E-state index contributed by atoms with van der Waals surface area (Å²) in [6, 6.07) is 27.3. The fourth-order valence-electron chi connectivity index (χ4n) is 7.09. The molecule has 0 aromatic heterocycles. The maximum absolute atomic E-state index is 15.0. The zero-order chi connectivity index (χ0) is 41.9. The number of aliphatic hydroxyl groups is 1. The van der Waals surface area contributed by atoms with Crippen molar-refractivity contribution in [2.75, 3.05) is 32.1 Å². The molecule has 13 heteroatoms. The minimum atomic E-state index is -4.09. The van der Waals surface area contributed by atoms with Crippen LogP contribution in [0.4, 0.5) is 10.5 Å². The van der Waals surface area contributed by atoms with Gasteiger partial charge in [-0.1, -0.05) is 105 Å². The summed E-state index contributed by atoms with van der Waals surface area (Å²) in [5.74, 6) is -2.46. The highest BCUT2D eigenvalue weighted by Gasteiger charge is 2.38. The Morgan fingerprint density at radius 2 is 1.42 bits per heavy atom. The average Bonchev–Trinajstić information content (AvgIpc) is 3.15. The van der Waals surface area contributed by atoms with Gasteiger partial charge in [0.25, 0.3) is 0 Å². The monoisotopic (exact) mass is 801 g/mol. The van der Waals surface area contributed by atoms with Crippen molar-refractivity contribution in [1.29, 1.82) is 0 Å². The van der Waals surface area contributed by atoms with Crippen molar-refractivity contribution in [1.82, 2.24) is 14.9 Å². The van der Waals surface area contributed by atoms with E-state index in [0.29, 0.717) is 11.8 Å². The third-order valence-electron chi connectivity index (χ3n) is 10.0. The summed E-state index contributed by atoms with van der Waals surface area (Å²) in [5.41, 5.74) is 7.75. The second-order valence-corrected chi connectivity index (χ2v) is 17.6. The molecule has 0 heterocycles. The number of primary amides is 1. The molecule has 5 unspecified atom stereocenters. The second-order valence-electron chi connectivity index (χ2n) is 15.8. The maximum Gasteiger partial charge on any atom is 0.407 e. The van der Waals surface area contributed by atoms with Gasteiger partial charge in [0.05, 0.1) is 17.0 Å². The lowest BCUT2D eigenvalue weighted by Crippen LogP contribution is -2.56. The highest BCUT2D eigenvalue weighted by Crippen LogP contribution is 2.30. The van der Waals surface area contributed by atoms with E-state index in [1.54, 1.807) is 39.0 Å². The second kappa shape index (κ2) is 19.9. The molecule has 0 saturated carbocycles. The van der Waals surface area contributed by atoms with E-state index >= 15 is 0 Å². The molecule has 4 aromatic carbocycles. The van der Waals surface area contributed by atoms with Gasteiger partial charge < -0.3 is 30.7 Å². The Morgan fingerprint density at radius 3 is 1.98 bits per heavy atom. The minimum absolute atomic E-state index is 0.0852. The molecule has 0 bridgehead atoms. The van der Waals surface area contributed by atoms with Crippen LogP contribution in [0.2, 0.25) is 0 Å². The number of nitrogens with zero attached hydrogens (tertiary/aromatic N) is 2. The number of anilines is 1. The molecule has 3 amide bonds. The van der Waals surface area contributed by atoms with Gasteiger partial charge in [0.1, 0.15) is 11.6 Å². The van der Waals surface area contributed by atoms with Crippen molar-refractivity contribution in [2.45, 2.75) is 89.0 Å². The fourth-order valence-corrected chi connectivity index (χ4v) is 8.33. The predicted octanol–water partition coefficient (Wildman–Crippen LogP) is 5.66. The molecule has 0 radical (unpaired) electrons. The predicted molar refractivity (Wildman–Crippen MR) is 225 cm³/mol. The van der Waals surface area contributed by atoms with Crippen LogP contribution >= 0.6 is 0 Å². The Labute approximate surface area is 337 Å². The van der Waals surface area contributed by atoms with Crippen LogP contribution in [-0.2, 0) is 37.2 Å². The van der Waals surface area contributed by atoms with E-state index in [1.807, 2.05) is 106 Å². The lowest BCUT2D eigenvalue weighted by Gasteiger charge is -2.37. The first-order chi connectivity index (χ1) is 26.9. The highest BCUT2D eigenvalue weighted by atomic mass is 32.2. The zero-order valence-corrected chi connectivity index (χ0v) is 35.0. The lowest BCUT2D eigenvalue weighted by atomic mass is 9.87. The van der Waals surface area contributed by atoms with Crippen LogP contribution in [0.15, 0.2) is 102 Å². The quantitative estimate of drug-likeness (QED) is 0.0942. The summed E-state index contributed by atoms with van der Waals surface area (Å²) in [6.07, 6.45) is -1.08.